The molecule has 0 bridgehead atoms. The van der Waals surface area contributed by atoms with Crippen LogP contribution < -0.4 is 4.74 Å². The number of sulfonamides is 1. The molecule has 0 radical (unpaired) electrons. The van der Waals surface area contributed by atoms with Crippen LogP contribution in [0.4, 0.5) is 0 Å². The molecule has 112 valence electrons. The Morgan fingerprint density at radius 2 is 2.10 bits per heavy atom. The first-order valence-electron chi connectivity index (χ1n) is 6.23. The van der Waals surface area contributed by atoms with Crippen molar-refractivity contribution in [1.29, 1.82) is 0 Å². The zero-order valence-electron chi connectivity index (χ0n) is 11.7. The number of halogens is 1. The van der Waals surface area contributed by atoms with Crippen molar-refractivity contribution in [2.24, 2.45) is 0 Å². The molecule has 7 heteroatoms. The molecule has 1 aromatic carbocycles. The first-order chi connectivity index (χ1) is 9.29. The summed E-state index contributed by atoms with van der Waals surface area (Å²) in [5.41, 5.74) is -0.579. The first-order valence-corrected chi connectivity index (χ1v) is 8.46. The van der Waals surface area contributed by atoms with Crippen molar-refractivity contribution in [2.75, 3.05) is 26.9 Å². The Morgan fingerprint density at radius 3 is 2.70 bits per heavy atom. The average Bonchev–Trinajstić information content (AvgIpc) is 2.37. The minimum Gasteiger partial charge on any atom is -0.495 e. The summed E-state index contributed by atoms with van der Waals surface area (Å²) in [6.07, 6.45) is 0. The number of nitrogens with zero attached hydrogens (tertiary/aromatic N) is 1. The summed E-state index contributed by atoms with van der Waals surface area (Å²) < 4.78 is 38.6. The van der Waals surface area contributed by atoms with Gasteiger partial charge in [-0.3, -0.25) is 0 Å². The Kier molecular flexibility index (Phi) is 4.44. The lowest BCUT2D eigenvalue weighted by Gasteiger charge is -2.40. The largest absolute Gasteiger partial charge is 0.495 e. The van der Waals surface area contributed by atoms with Crippen LogP contribution in [0.25, 0.3) is 0 Å². The zero-order chi connectivity index (χ0) is 15.0. The lowest BCUT2D eigenvalue weighted by Crippen LogP contribution is -2.55. The van der Waals surface area contributed by atoms with E-state index in [2.05, 4.69) is 15.9 Å². The summed E-state index contributed by atoms with van der Waals surface area (Å²) >= 11 is 3.31. The molecule has 0 unspecified atom stereocenters. The van der Waals surface area contributed by atoms with Crippen molar-refractivity contribution >= 4 is 26.0 Å². The molecule has 1 aliphatic rings. The van der Waals surface area contributed by atoms with Crippen LogP contribution in [0.3, 0.4) is 0 Å². The van der Waals surface area contributed by atoms with Gasteiger partial charge in [0.25, 0.3) is 0 Å². The van der Waals surface area contributed by atoms with Crippen molar-refractivity contribution in [1.82, 2.24) is 4.31 Å². The minimum absolute atomic E-state index is 0.171. The molecule has 0 N–H and O–H groups in total. The van der Waals surface area contributed by atoms with Gasteiger partial charge in [-0.2, -0.15) is 4.31 Å². The predicted octanol–water partition coefficient (Wildman–Crippen LogP) is 2.26. The summed E-state index contributed by atoms with van der Waals surface area (Å²) in [7, 11) is -2.17. The van der Waals surface area contributed by atoms with Crippen LogP contribution in [-0.2, 0) is 14.8 Å². The van der Waals surface area contributed by atoms with Gasteiger partial charge in [0.1, 0.15) is 10.6 Å². The van der Waals surface area contributed by atoms with Crippen LogP contribution in [0.15, 0.2) is 27.6 Å². The summed E-state index contributed by atoms with van der Waals surface area (Å²) in [5.74, 6) is 0.343. The number of benzene rings is 1. The van der Waals surface area contributed by atoms with Crippen molar-refractivity contribution in [3.8, 4) is 5.75 Å². The van der Waals surface area contributed by atoms with Gasteiger partial charge in [0, 0.05) is 11.0 Å². The highest BCUT2D eigenvalue weighted by Crippen LogP contribution is 2.33. The second-order valence-electron chi connectivity index (χ2n) is 5.24. The zero-order valence-corrected chi connectivity index (χ0v) is 14.1. The first kappa shape index (κ1) is 15.8. The molecule has 2 rings (SSSR count). The van der Waals surface area contributed by atoms with E-state index in [4.69, 9.17) is 9.47 Å². The summed E-state index contributed by atoms with van der Waals surface area (Å²) in [6, 6.07) is 4.96. The van der Waals surface area contributed by atoms with E-state index in [0.29, 0.717) is 30.0 Å². The minimum atomic E-state index is -3.64. The molecule has 0 aliphatic carbocycles. The van der Waals surface area contributed by atoms with Crippen molar-refractivity contribution in [3.05, 3.63) is 22.7 Å². The van der Waals surface area contributed by atoms with E-state index >= 15 is 0 Å². The van der Waals surface area contributed by atoms with E-state index < -0.39 is 15.6 Å². The lowest BCUT2D eigenvalue weighted by atomic mass is 10.1. The van der Waals surface area contributed by atoms with Crippen LogP contribution in [-0.4, -0.2) is 45.1 Å². The Balaban J connectivity index is 2.52. The van der Waals surface area contributed by atoms with E-state index in [-0.39, 0.29) is 4.90 Å². The fourth-order valence-corrected chi connectivity index (χ4v) is 4.71. The third kappa shape index (κ3) is 2.86. The van der Waals surface area contributed by atoms with E-state index in [1.807, 2.05) is 13.8 Å². The van der Waals surface area contributed by atoms with Crippen LogP contribution in [0.2, 0.25) is 0 Å². The maximum absolute atomic E-state index is 12.9. The van der Waals surface area contributed by atoms with Crippen LogP contribution in [0.1, 0.15) is 13.8 Å². The highest BCUT2D eigenvalue weighted by Gasteiger charge is 2.40. The van der Waals surface area contributed by atoms with Crippen LogP contribution in [0.5, 0.6) is 5.75 Å². The van der Waals surface area contributed by atoms with Gasteiger partial charge in [0.05, 0.1) is 25.9 Å². The normalized spacial score (nSPS) is 19.8. The molecule has 20 heavy (non-hydrogen) atoms. The summed E-state index contributed by atoms with van der Waals surface area (Å²) in [5, 5.41) is 0. The highest BCUT2D eigenvalue weighted by molar-refractivity contribution is 9.10. The molecule has 1 heterocycles. The Bertz CT molecular complexity index is 600. The second-order valence-corrected chi connectivity index (χ2v) is 7.98. The van der Waals surface area contributed by atoms with Crippen LogP contribution in [0, 0.1) is 0 Å². The smallest absolute Gasteiger partial charge is 0.247 e. The Hall–Kier alpha value is -0.630. The molecule has 1 saturated heterocycles. The number of morpholine rings is 1. The van der Waals surface area contributed by atoms with Gasteiger partial charge < -0.3 is 9.47 Å². The summed E-state index contributed by atoms with van der Waals surface area (Å²) in [6.45, 7) is 4.83. The van der Waals surface area contributed by atoms with Gasteiger partial charge in [0.2, 0.25) is 10.0 Å². The number of ether oxygens (including phenoxy) is 2. The molecule has 1 aromatic rings. The second kappa shape index (κ2) is 5.63. The maximum atomic E-state index is 12.9. The Morgan fingerprint density at radius 1 is 1.40 bits per heavy atom. The van der Waals surface area contributed by atoms with Gasteiger partial charge in [-0.05, 0) is 32.0 Å². The van der Waals surface area contributed by atoms with E-state index in [1.165, 1.54) is 11.4 Å². The fourth-order valence-electron chi connectivity index (χ4n) is 2.26. The van der Waals surface area contributed by atoms with E-state index in [1.54, 1.807) is 18.2 Å². The molecule has 0 amide bonds. The monoisotopic (exact) mass is 363 g/mol. The third-order valence-corrected chi connectivity index (χ3v) is 5.89. The topological polar surface area (TPSA) is 55.8 Å². The standard InChI is InChI=1S/C13H18BrNO4S/c1-13(2)9-19-7-6-15(13)20(16,17)12-8-10(14)4-5-11(12)18-3/h4-5,8H,6-7,9H2,1-3H3. The number of hydrogen-bond acceptors (Lipinski definition) is 4. The van der Waals surface area contributed by atoms with Crippen LogP contribution >= 0.6 is 15.9 Å². The predicted molar refractivity (Wildman–Crippen MR) is 79.5 cm³/mol. The number of hydrogen-bond donors (Lipinski definition) is 0. The number of methoxy groups -OCH3 is 1. The molecular weight excluding hydrogens is 346 g/mol. The number of rotatable bonds is 3. The molecule has 0 spiro atoms. The fraction of sp³-hybridized carbons (Fsp3) is 0.538. The lowest BCUT2D eigenvalue weighted by molar-refractivity contribution is -0.00776. The molecule has 0 aromatic heterocycles. The molecule has 5 nitrogen and oxygen atoms in total. The van der Waals surface area contributed by atoms with E-state index in [0.717, 1.165) is 0 Å². The Labute approximate surface area is 128 Å². The molecule has 1 fully saturated rings. The highest BCUT2D eigenvalue weighted by atomic mass is 79.9. The average molecular weight is 364 g/mol. The van der Waals surface area contributed by atoms with Gasteiger partial charge in [-0.15, -0.1) is 0 Å². The van der Waals surface area contributed by atoms with Gasteiger partial charge in [-0.1, -0.05) is 15.9 Å². The van der Waals surface area contributed by atoms with Crippen molar-refractivity contribution in [3.63, 3.8) is 0 Å². The van der Waals surface area contributed by atoms with Gasteiger partial charge in [0.15, 0.2) is 0 Å². The molecule has 1 aliphatic heterocycles. The van der Waals surface area contributed by atoms with Gasteiger partial charge >= 0.3 is 0 Å². The summed E-state index contributed by atoms with van der Waals surface area (Å²) in [4.78, 5) is 0.171. The molecule has 0 saturated carbocycles. The quantitative estimate of drug-likeness (QED) is 0.826. The van der Waals surface area contributed by atoms with Gasteiger partial charge in [-0.25, -0.2) is 8.42 Å². The molecule has 0 atom stereocenters. The van der Waals surface area contributed by atoms with Crippen molar-refractivity contribution < 1.29 is 17.9 Å². The van der Waals surface area contributed by atoms with Crippen molar-refractivity contribution in [2.45, 2.75) is 24.3 Å². The SMILES string of the molecule is COc1ccc(Br)cc1S(=O)(=O)N1CCOCC1(C)C. The third-order valence-electron chi connectivity index (χ3n) is 3.26. The van der Waals surface area contributed by atoms with E-state index in [9.17, 15) is 8.42 Å². The molecular formula is C13H18BrNO4S. The maximum Gasteiger partial charge on any atom is 0.247 e.